The fraction of sp³-hybridized carbons (Fsp3) is 0.371. The normalized spacial score (nSPS) is 15.3. The summed E-state index contributed by atoms with van der Waals surface area (Å²) in [6, 6.07) is 14.3. The molecule has 3 amide bonds. The number of halogens is 1. The Morgan fingerprint density at radius 3 is 2.51 bits per heavy atom. The van der Waals surface area contributed by atoms with Crippen molar-refractivity contribution >= 4 is 45.9 Å². The Kier molecular flexibility index (Phi) is 11.0. The molecule has 4 aromatic rings. The third-order valence-corrected chi connectivity index (χ3v) is 7.93. The first-order chi connectivity index (χ1) is 23.9. The van der Waals surface area contributed by atoms with Gasteiger partial charge in [-0.15, -0.1) is 0 Å². The third-order valence-electron chi connectivity index (χ3n) is 7.93. The lowest BCUT2D eigenvalue weighted by molar-refractivity contribution is -0.0171. The molecule has 3 aromatic heterocycles. The summed E-state index contributed by atoms with van der Waals surface area (Å²) in [5.74, 6) is 0.0353. The van der Waals surface area contributed by atoms with E-state index in [4.69, 9.17) is 14.2 Å². The van der Waals surface area contributed by atoms with Crippen molar-refractivity contribution in [3.8, 4) is 0 Å². The predicted octanol–water partition coefficient (Wildman–Crippen LogP) is 4.15. The molecule has 2 unspecified atom stereocenters. The minimum atomic E-state index is -1.42. The van der Waals surface area contributed by atoms with E-state index in [1.54, 1.807) is 49.6 Å². The second kappa shape index (κ2) is 15.9. The molecule has 0 bridgehead atoms. The first-order valence-corrected chi connectivity index (χ1v) is 16.2. The maximum Gasteiger partial charge on any atom is 0.261 e. The monoisotopic (exact) mass is 671 g/mol. The van der Waals surface area contributed by atoms with E-state index in [0.29, 0.717) is 34.0 Å². The average molecular weight is 672 g/mol. The van der Waals surface area contributed by atoms with E-state index >= 15 is 0 Å². The fourth-order valence-corrected chi connectivity index (χ4v) is 5.25. The first kappa shape index (κ1) is 33.8. The number of alkyl halides is 1. The summed E-state index contributed by atoms with van der Waals surface area (Å²) in [7, 11) is 0. The van der Waals surface area contributed by atoms with Crippen molar-refractivity contribution in [3.63, 3.8) is 0 Å². The van der Waals surface area contributed by atoms with Gasteiger partial charge in [-0.1, -0.05) is 12.1 Å². The van der Waals surface area contributed by atoms with E-state index in [9.17, 15) is 18.8 Å². The van der Waals surface area contributed by atoms with E-state index in [1.807, 2.05) is 18.2 Å². The summed E-state index contributed by atoms with van der Waals surface area (Å²) >= 11 is 0. The highest BCUT2D eigenvalue weighted by Crippen LogP contribution is 2.29. The molecule has 1 aromatic carbocycles. The van der Waals surface area contributed by atoms with E-state index in [2.05, 4.69) is 30.9 Å². The zero-order valence-electron chi connectivity index (χ0n) is 27.1. The molecule has 2 aliphatic rings. The van der Waals surface area contributed by atoms with E-state index < -0.39 is 12.1 Å². The number of nitrogens with zero attached hydrogens (tertiary/aromatic N) is 4. The molecule has 4 heterocycles. The molecular weight excluding hydrogens is 633 g/mol. The average Bonchev–Trinajstić information content (AvgIpc) is 3.90. The number of nitrogens with one attached hydrogen (secondary N) is 3. The number of rotatable bonds is 18. The quantitative estimate of drug-likeness (QED) is 0.103. The third kappa shape index (κ3) is 8.90. The van der Waals surface area contributed by atoms with Crippen LogP contribution < -0.4 is 16.0 Å². The Morgan fingerprint density at radius 2 is 1.73 bits per heavy atom. The van der Waals surface area contributed by atoms with Gasteiger partial charge >= 0.3 is 0 Å². The minimum Gasteiger partial charge on any atom is -0.382 e. The molecule has 0 spiro atoms. The van der Waals surface area contributed by atoms with Crippen LogP contribution in [0, 0.1) is 0 Å². The smallest absolute Gasteiger partial charge is 0.261 e. The molecule has 49 heavy (non-hydrogen) atoms. The van der Waals surface area contributed by atoms with Gasteiger partial charge in [-0.3, -0.25) is 24.3 Å². The number of carbonyl (C=O) groups excluding carboxylic acids is 3. The summed E-state index contributed by atoms with van der Waals surface area (Å²) < 4.78 is 31.1. The molecule has 1 aliphatic heterocycles. The number of aromatic nitrogens is 3. The van der Waals surface area contributed by atoms with E-state index in [-0.39, 0.29) is 70.1 Å². The van der Waals surface area contributed by atoms with Crippen LogP contribution in [-0.2, 0) is 14.2 Å². The molecular formula is C35H38FN7O6. The van der Waals surface area contributed by atoms with Gasteiger partial charge in [0.1, 0.15) is 17.8 Å². The first-order valence-electron chi connectivity index (χ1n) is 16.2. The Morgan fingerprint density at radius 1 is 0.980 bits per heavy atom. The van der Waals surface area contributed by atoms with Crippen molar-refractivity contribution in [1.29, 1.82) is 0 Å². The molecule has 6 rings (SSSR count). The molecule has 1 saturated carbocycles. The van der Waals surface area contributed by atoms with Crippen LogP contribution >= 0.6 is 0 Å². The molecule has 3 N–H and O–H groups in total. The molecule has 13 nitrogen and oxygen atoms in total. The van der Waals surface area contributed by atoms with Gasteiger partial charge in [0.2, 0.25) is 0 Å². The highest BCUT2D eigenvalue weighted by atomic mass is 19.1. The largest absolute Gasteiger partial charge is 0.382 e. The van der Waals surface area contributed by atoms with Crippen molar-refractivity contribution in [2.75, 3.05) is 56.8 Å². The SMILES string of the molecule is CC(CN1C(=O)c2ccccc2C1=O)OCCOCCOCC(F)CNC(=O)c1cnc(Nc2ccc3cnccc3n2)cc1NC1CC1. The Labute approximate surface area is 282 Å². The van der Waals surface area contributed by atoms with Gasteiger partial charge in [0, 0.05) is 36.1 Å². The molecule has 2 atom stereocenters. The van der Waals surface area contributed by atoms with Gasteiger partial charge in [0.05, 0.1) is 80.1 Å². The summed E-state index contributed by atoms with van der Waals surface area (Å²) in [6.07, 6.45) is 5.10. The van der Waals surface area contributed by atoms with E-state index in [0.717, 1.165) is 23.7 Å². The highest BCUT2D eigenvalue weighted by Gasteiger charge is 2.35. The van der Waals surface area contributed by atoms with Gasteiger partial charge in [-0.2, -0.15) is 0 Å². The van der Waals surface area contributed by atoms with Gasteiger partial charge in [0.25, 0.3) is 17.7 Å². The van der Waals surface area contributed by atoms with Gasteiger partial charge in [-0.25, -0.2) is 14.4 Å². The molecule has 256 valence electrons. The summed E-state index contributed by atoms with van der Waals surface area (Å²) in [5.41, 5.74) is 2.52. The second-order valence-electron chi connectivity index (χ2n) is 11.9. The summed E-state index contributed by atoms with van der Waals surface area (Å²) in [6.45, 7) is 2.40. The van der Waals surface area contributed by atoms with Crippen LogP contribution in [0.3, 0.4) is 0 Å². The number of hydrogen-bond donors (Lipinski definition) is 3. The topological polar surface area (TPSA) is 157 Å². The van der Waals surface area contributed by atoms with Gasteiger partial charge in [-0.05, 0) is 50.1 Å². The van der Waals surface area contributed by atoms with Crippen LogP contribution in [0.1, 0.15) is 50.8 Å². The number of ether oxygens (including phenoxy) is 3. The second-order valence-corrected chi connectivity index (χ2v) is 11.9. The Balaban J connectivity index is 0.865. The summed E-state index contributed by atoms with van der Waals surface area (Å²) in [4.78, 5) is 52.3. The van der Waals surface area contributed by atoms with Crippen LogP contribution in [0.2, 0.25) is 0 Å². The highest BCUT2D eigenvalue weighted by molar-refractivity contribution is 6.21. The lowest BCUT2D eigenvalue weighted by Gasteiger charge is -2.19. The number of pyridine rings is 3. The van der Waals surface area contributed by atoms with E-state index in [1.165, 1.54) is 11.1 Å². The standard InChI is InChI=1S/C35H38FN7O6/c1-22(20-43-34(45)26-4-2-3-5-27(26)35(43)46)49-15-14-47-12-13-48-21-24(36)18-39-33(44)28-19-38-32(16-30(28)40-25-7-8-25)42-31-9-6-23-17-37-11-10-29(23)41-31/h2-6,9-11,16-17,19,22,24-25H,7-8,12-15,18,20-21H2,1H3,(H,39,44)(H2,38,40,41,42). The molecule has 1 aliphatic carbocycles. The zero-order chi connectivity index (χ0) is 34.2. The molecule has 14 heteroatoms. The molecule has 0 saturated heterocycles. The Bertz CT molecular complexity index is 1770. The Hall–Kier alpha value is -5.05. The van der Waals surface area contributed by atoms with Crippen LogP contribution in [0.25, 0.3) is 10.9 Å². The van der Waals surface area contributed by atoms with Crippen LogP contribution in [0.5, 0.6) is 0 Å². The van der Waals surface area contributed by atoms with Gasteiger partial charge in [0.15, 0.2) is 0 Å². The maximum absolute atomic E-state index is 14.5. The number of amides is 3. The number of fused-ring (bicyclic) bond motifs is 2. The van der Waals surface area contributed by atoms with Crippen LogP contribution in [0.15, 0.2) is 67.1 Å². The lowest BCUT2D eigenvalue weighted by atomic mass is 10.1. The zero-order valence-corrected chi connectivity index (χ0v) is 27.1. The molecule has 1 fully saturated rings. The van der Waals surface area contributed by atoms with Crippen molar-refractivity contribution in [2.45, 2.75) is 38.1 Å². The number of hydrogen-bond acceptors (Lipinski definition) is 11. The maximum atomic E-state index is 14.5. The predicted molar refractivity (Wildman–Crippen MR) is 180 cm³/mol. The fourth-order valence-electron chi connectivity index (χ4n) is 5.25. The van der Waals surface area contributed by atoms with Gasteiger partial charge < -0.3 is 30.2 Å². The van der Waals surface area contributed by atoms with Crippen LogP contribution in [-0.4, -0.2) is 102 Å². The number of anilines is 3. The lowest BCUT2D eigenvalue weighted by Crippen LogP contribution is -2.37. The number of benzene rings is 1. The summed E-state index contributed by atoms with van der Waals surface area (Å²) in [5, 5.41) is 10.1. The minimum absolute atomic E-state index is 0.142. The van der Waals surface area contributed by atoms with Crippen molar-refractivity contribution in [2.24, 2.45) is 0 Å². The van der Waals surface area contributed by atoms with Crippen molar-refractivity contribution in [3.05, 3.63) is 83.8 Å². The number of carbonyl (C=O) groups is 3. The molecule has 0 radical (unpaired) electrons. The van der Waals surface area contributed by atoms with Crippen molar-refractivity contribution < 1.29 is 33.0 Å². The van der Waals surface area contributed by atoms with Crippen LogP contribution in [0.4, 0.5) is 21.7 Å². The van der Waals surface area contributed by atoms with Crippen molar-refractivity contribution in [1.82, 2.24) is 25.2 Å². The number of imide groups is 1.